The number of carbonyl (C=O) groups is 2. The lowest BCUT2D eigenvalue weighted by atomic mass is 9.97. The fourth-order valence-corrected chi connectivity index (χ4v) is 5.64. The average Bonchev–Trinajstić information content (AvgIpc) is 3.09. The third-order valence-electron chi connectivity index (χ3n) is 6.12. The number of carbonyl (C=O) groups excluding carboxylic acids is 2. The predicted molar refractivity (Wildman–Crippen MR) is 117 cm³/mol. The highest BCUT2D eigenvalue weighted by Gasteiger charge is 2.32. The summed E-state index contributed by atoms with van der Waals surface area (Å²) in [6.45, 7) is 2.57. The monoisotopic (exact) mass is 451 g/mol. The van der Waals surface area contributed by atoms with Gasteiger partial charge in [-0.2, -0.15) is 4.31 Å². The highest BCUT2D eigenvalue weighted by molar-refractivity contribution is 7.89. The zero-order valence-electron chi connectivity index (χ0n) is 18.2. The molecule has 1 aromatic rings. The first-order chi connectivity index (χ1) is 14.9. The molecule has 0 atom stereocenters. The highest BCUT2D eigenvalue weighted by Crippen LogP contribution is 2.25. The van der Waals surface area contributed by atoms with Gasteiger partial charge < -0.3 is 15.0 Å². The molecule has 2 aliphatic rings. The molecular weight excluding hydrogens is 418 g/mol. The van der Waals surface area contributed by atoms with Crippen molar-refractivity contribution in [1.29, 1.82) is 0 Å². The number of ether oxygens (including phenoxy) is 1. The second kappa shape index (κ2) is 10.9. The second-order valence-electron chi connectivity index (χ2n) is 8.19. The predicted octanol–water partition coefficient (Wildman–Crippen LogP) is 2.00. The fourth-order valence-electron chi connectivity index (χ4n) is 4.17. The van der Waals surface area contributed by atoms with Crippen molar-refractivity contribution in [2.45, 2.75) is 49.8 Å². The van der Waals surface area contributed by atoms with Crippen LogP contribution < -0.4 is 10.1 Å². The molecule has 31 heavy (non-hydrogen) atoms. The Morgan fingerprint density at radius 1 is 1.00 bits per heavy atom. The number of nitrogens with one attached hydrogen (secondary N) is 1. The van der Waals surface area contributed by atoms with Gasteiger partial charge in [0.25, 0.3) is 0 Å². The molecular formula is C22H33N3O5S. The van der Waals surface area contributed by atoms with Gasteiger partial charge in [0.05, 0.1) is 12.0 Å². The molecule has 1 aromatic carbocycles. The number of piperidine rings is 1. The molecule has 0 radical (unpaired) electrons. The first-order valence-electron chi connectivity index (χ1n) is 11.1. The summed E-state index contributed by atoms with van der Waals surface area (Å²) >= 11 is 0. The first-order valence-corrected chi connectivity index (χ1v) is 12.6. The number of sulfonamides is 1. The standard InChI is InChI=1S/C22H33N3O5S/c1-30-19-6-8-20(9-7-19)31(28,29)25-16-11-18(12-17-25)22(27)23-13-10-21(26)24-14-4-2-3-5-15-24/h6-9,18H,2-5,10-17H2,1H3,(H,23,27). The minimum atomic E-state index is -3.58. The topological polar surface area (TPSA) is 96.0 Å². The maximum Gasteiger partial charge on any atom is 0.243 e. The third kappa shape index (κ3) is 6.20. The van der Waals surface area contributed by atoms with Gasteiger partial charge in [0.2, 0.25) is 21.8 Å². The van der Waals surface area contributed by atoms with Crippen LogP contribution in [0.5, 0.6) is 5.75 Å². The van der Waals surface area contributed by atoms with Crippen LogP contribution in [0, 0.1) is 5.92 Å². The lowest BCUT2D eigenvalue weighted by molar-refractivity contribution is -0.131. The van der Waals surface area contributed by atoms with Crippen molar-refractivity contribution in [1.82, 2.24) is 14.5 Å². The Labute approximate surface area is 185 Å². The van der Waals surface area contributed by atoms with Crippen molar-refractivity contribution in [3.8, 4) is 5.75 Å². The molecule has 3 rings (SSSR count). The lowest BCUT2D eigenvalue weighted by Gasteiger charge is -2.30. The van der Waals surface area contributed by atoms with E-state index in [2.05, 4.69) is 5.32 Å². The van der Waals surface area contributed by atoms with Gasteiger partial charge in [-0.1, -0.05) is 12.8 Å². The molecule has 8 nitrogen and oxygen atoms in total. The van der Waals surface area contributed by atoms with Gasteiger partial charge in [-0.25, -0.2) is 8.42 Å². The van der Waals surface area contributed by atoms with Gasteiger partial charge in [0.1, 0.15) is 5.75 Å². The van der Waals surface area contributed by atoms with Crippen LogP contribution in [0.4, 0.5) is 0 Å². The number of benzene rings is 1. The third-order valence-corrected chi connectivity index (χ3v) is 8.03. The highest BCUT2D eigenvalue weighted by atomic mass is 32.2. The molecule has 172 valence electrons. The largest absolute Gasteiger partial charge is 0.497 e. The smallest absolute Gasteiger partial charge is 0.243 e. The Bertz CT molecular complexity index is 840. The van der Waals surface area contributed by atoms with E-state index in [-0.39, 0.29) is 22.6 Å². The summed E-state index contributed by atoms with van der Waals surface area (Å²) in [7, 11) is -2.05. The number of hydrogen-bond acceptors (Lipinski definition) is 5. The minimum absolute atomic E-state index is 0.0924. The molecule has 9 heteroatoms. The molecule has 2 amide bonds. The SMILES string of the molecule is COc1ccc(S(=O)(=O)N2CCC(C(=O)NCCC(=O)N3CCCCCC3)CC2)cc1. The van der Waals surface area contributed by atoms with Gasteiger partial charge in [0, 0.05) is 45.1 Å². The number of amides is 2. The first kappa shape index (κ1) is 23.5. The van der Waals surface area contributed by atoms with Crippen molar-refractivity contribution in [2.75, 3.05) is 39.8 Å². The van der Waals surface area contributed by atoms with E-state index in [4.69, 9.17) is 4.74 Å². The van der Waals surface area contributed by atoms with E-state index in [9.17, 15) is 18.0 Å². The second-order valence-corrected chi connectivity index (χ2v) is 10.1. The van der Waals surface area contributed by atoms with Crippen LogP contribution >= 0.6 is 0 Å². The lowest BCUT2D eigenvalue weighted by Crippen LogP contribution is -2.43. The molecule has 2 fully saturated rings. The van der Waals surface area contributed by atoms with Gasteiger partial charge in [-0.3, -0.25) is 9.59 Å². The van der Waals surface area contributed by atoms with Gasteiger partial charge in [-0.15, -0.1) is 0 Å². The quantitative estimate of drug-likeness (QED) is 0.684. The Balaban J connectivity index is 1.43. The molecule has 2 heterocycles. The molecule has 0 aromatic heterocycles. The van der Waals surface area contributed by atoms with E-state index in [1.165, 1.54) is 36.4 Å². The molecule has 2 aliphatic heterocycles. The van der Waals surface area contributed by atoms with Crippen molar-refractivity contribution in [3.63, 3.8) is 0 Å². The molecule has 0 unspecified atom stereocenters. The molecule has 1 N–H and O–H groups in total. The summed E-state index contributed by atoms with van der Waals surface area (Å²) in [5.41, 5.74) is 0. The Morgan fingerprint density at radius 2 is 1.61 bits per heavy atom. The van der Waals surface area contributed by atoms with Crippen molar-refractivity contribution in [2.24, 2.45) is 5.92 Å². The molecule has 0 saturated carbocycles. The van der Waals surface area contributed by atoms with E-state index in [1.807, 2.05) is 4.90 Å². The van der Waals surface area contributed by atoms with Crippen LogP contribution in [-0.2, 0) is 19.6 Å². The molecule has 0 spiro atoms. The van der Waals surface area contributed by atoms with E-state index >= 15 is 0 Å². The Morgan fingerprint density at radius 3 is 2.19 bits per heavy atom. The van der Waals surface area contributed by atoms with Gasteiger partial charge in [0.15, 0.2) is 0 Å². The molecule has 2 saturated heterocycles. The van der Waals surface area contributed by atoms with Crippen LogP contribution in [0.25, 0.3) is 0 Å². The normalized spacial score (nSPS) is 18.9. The van der Waals surface area contributed by atoms with Crippen LogP contribution in [0.2, 0.25) is 0 Å². The maximum atomic E-state index is 12.8. The van der Waals surface area contributed by atoms with Crippen LogP contribution in [0.1, 0.15) is 44.9 Å². The van der Waals surface area contributed by atoms with Crippen LogP contribution in [0.15, 0.2) is 29.2 Å². The van der Waals surface area contributed by atoms with Crippen LogP contribution in [0.3, 0.4) is 0 Å². The van der Waals surface area contributed by atoms with Crippen LogP contribution in [-0.4, -0.2) is 69.3 Å². The fraction of sp³-hybridized carbons (Fsp3) is 0.636. The minimum Gasteiger partial charge on any atom is -0.497 e. The number of methoxy groups -OCH3 is 1. The summed E-state index contributed by atoms with van der Waals surface area (Å²) in [6, 6.07) is 6.32. The van der Waals surface area contributed by atoms with E-state index in [0.717, 1.165) is 25.9 Å². The maximum absolute atomic E-state index is 12.8. The number of rotatable bonds is 7. The van der Waals surface area contributed by atoms with Gasteiger partial charge in [-0.05, 0) is 49.9 Å². The summed E-state index contributed by atoms with van der Waals surface area (Å²) in [4.78, 5) is 26.9. The zero-order valence-corrected chi connectivity index (χ0v) is 19.0. The van der Waals surface area contributed by atoms with Crippen molar-refractivity contribution in [3.05, 3.63) is 24.3 Å². The van der Waals surface area contributed by atoms with E-state index in [1.54, 1.807) is 12.1 Å². The van der Waals surface area contributed by atoms with Crippen molar-refractivity contribution >= 4 is 21.8 Å². The van der Waals surface area contributed by atoms with E-state index < -0.39 is 10.0 Å². The molecule has 0 bridgehead atoms. The summed E-state index contributed by atoms with van der Waals surface area (Å²) < 4.78 is 32.2. The summed E-state index contributed by atoms with van der Waals surface area (Å²) in [5.74, 6) is 0.382. The van der Waals surface area contributed by atoms with Crippen molar-refractivity contribution < 1.29 is 22.7 Å². The Hall–Kier alpha value is -2.13. The zero-order chi connectivity index (χ0) is 22.3. The Kier molecular flexibility index (Phi) is 8.31. The number of likely N-dealkylation sites (tertiary alicyclic amines) is 1. The number of nitrogens with zero attached hydrogens (tertiary/aromatic N) is 2. The summed E-state index contributed by atoms with van der Waals surface area (Å²) in [5, 5.41) is 2.87. The summed E-state index contributed by atoms with van der Waals surface area (Å²) in [6.07, 6.45) is 5.71. The van der Waals surface area contributed by atoms with Gasteiger partial charge >= 0.3 is 0 Å². The molecule has 0 aliphatic carbocycles. The number of hydrogen-bond donors (Lipinski definition) is 1. The van der Waals surface area contributed by atoms with E-state index in [0.29, 0.717) is 44.6 Å². The average molecular weight is 452 g/mol.